The lowest BCUT2D eigenvalue weighted by molar-refractivity contribution is -0.191. The number of halogens is 1. The van der Waals surface area contributed by atoms with Crippen LogP contribution in [-0.4, -0.2) is 57.1 Å². The van der Waals surface area contributed by atoms with Crippen LogP contribution in [-0.2, 0) is 28.2 Å². The molecule has 0 amide bonds. The minimum absolute atomic E-state index is 0.0551. The van der Waals surface area contributed by atoms with Crippen LogP contribution in [0, 0.1) is 5.92 Å². The summed E-state index contributed by atoms with van der Waals surface area (Å²) in [4.78, 5) is 44.1. The van der Waals surface area contributed by atoms with E-state index in [0.29, 0.717) is 0 Å². The number of ether oxygens (including phenoxy) is 1. The van der Waals surface area contributed by atoms with E-state index < -0.39 is 50.2 Å². The number of alkyl halides is 1. The normalized spacial score (nSPS) is 25.0. The van der Waals surface area contributed by atoms with E-state index in [2.05, 4.69) is 10.1 Å². The fraction of sp³-hybridized carbons (Fsp3) is 0.478. The second-order valence-corrected chi connectivity index (χ2v) is 10.6. The number of benzene rings is 1. The second kappa shape index (κ2) is 13.0. The number of hydrogen-bond acceptors (Lipinski definition) is 11. The third kappa shape index (κ3) is 7.64. The number of para-hydroxylation sites is 1. The van der Waals surface area contributed by atoms with Crippen molar-refractivity contribution in [3.05, 3.63) is 53.1 Å². The van der Waals surface area contributed by atoms with E-state index in [4.69, 9.17) is 29.1 Å². The number of nitrogen functional groups attached to an aromatic ring is 1. The van der Waals surface area contributed by atoms with Gasteiger partial charge in [-0.2, -0.15) is 14.6 Å². The van der Waals surface area contributed by atoms with Crippen LogP contribution < -0.4 is 21.0 Å². The molecule has 0 aliphatic carbocycles. The Labute approximate surface area is 217 Å². The molecule has 1 saturated heterocycles. The van der Waals surface area contributed by atoms with E-state index in [1.807, 2.05) is 0 Å². The summed E-state index contributed by atoms with van der Waals surface area (Å²) in [6.07, 6.45) is -3.18. The lowest BCUT2D eigenvalue weighted by Crippen LogP contribution is -2.43. The van der Waals surface area contributed by atoms with E-state index in [0.717, 1.165) is 11.5 Å². The number of nitrogens with zero attached hydrogens (tertiary/aromatic N) is 2. The Morgan fingerprint density at radius 3 is 2.47 bits per heavy atom. The number of aromatic nitrogens is 2. The standard InChI is InChI=1S/C22H30FN4O7P.CO2/c1-13(2)18(14(3)28)26-35(31,34-15-8-6-5-7-9-15)32-12-16-19(29)22(4,23)20(33-16)27-11-10-17(24)25-21(27)30;2-1-3/h5-11,13,16,18-20,29H,12H2,1-4H3,(H,26,31)(H2,24,25,30);/t16-,18+,19-,20-,22-,35?;/m1./s1. The SMILES string of the molecule is CC(=O)[C@@H](NP(=O)(OC[C@H]1O[C@@H](n2ccc(N)nc2=O)[C@](C)(F)[C@@H]1O)Oc1ccccc1)C(C)C.O=C=O. The molecule has 15 heteroatoms. The number of carbonyl (C=O) groups excluding carboxylic acids is 3. The van der Waals surface area contributed by atoms with Gasteiger partial charge in [0, 0.05) is 6.20 Å². The van der Waals surface area contributed by atoms with Gasteiger partial charge in [-0.25, -0.2) is 18.8 Å². The Bertz CT molecular complexity index is 1230. The molecular formula is C23H30FN4O9P. The molecule has 1 unspecified atom stereocenters. The summed E-state index contributed by atoms with van der Waals surface area (Å²) in [6.45, 7) is 5.34. The summed E-state index contributed by atoms with van der Waals surface area (Å²) in [5.74, 6) is -0.389. The van der Waals surface area contributed by atoms with Gasteiger partial charge in [0.05, 0.1) is 12.6 Å². The molecule has 6 atom stereocenters. The number of rotatable bonds is 10. The molecule has 1 aliphatic heterocycles. The van der Waals surface area contributed by atoms with Gasteiger partial charge in [-0.15, -0.1) is 0 Å². The summed E-state index contributed by atoms with van der Waals surface area (Å²) in [5, 5.41) is 13.2. The topological polar surface area (TPSA) is 189 Å². The van der Waals surface area contributed by atoms with E-state index in [-0.39, 0.29) is 29.4 Å². The van der Waals surface area contributed by atoms with Gasteiger partial charge in [-0.1, -0.05) is 32.0 Å². The molecule has 13 nitrogen and oxygen atoms in total. The van der Waals surface area contributed by atoms with Crippen molar-refractivity contribution in [2.75, 3.05) is 12.3 Å². The number of ketones is 1. The van der Waals surface area contributed by atoms with Crippen molar-refractivity contribution < 1.29 is 42.2 Å². The molecule has 1 aliphatic rings. The average molecular weight is 556 g/mol. The Balaban J connectivity index is 0.00000161. The van der Waals surface area contributed by atoms with Crippen LogP contribution in [0.4, 0.5) is 10.2 Å². The van der Waals surface area contributed by atoms with Crippen LogP contribution in [0.25, 0.3) is 0 Å². The van der Waals surface area contributed by atoms with E-state index >= 15 is 4.39 Å². The van der Waals surface area contributed by atoms with Crippen molar-refractivity contribution >= 4 is 25.5 Å². The first kappa shape index (κ1) is 31.0. The molecule has 4 N–H and O–H groups in total. The van der Waals surface area contributed by atoms with Crippen LogP contribution in [0.1, 0.15) is 33.9 Å². The molecule has 38 heavy (non-hydrogen) atoms. The van der Waals surface area contributed by atoms with Gasteiger partial charge in [-0.3, -0.25) is 13.9 Å². The molecule has 0 bridgehead atoms. The van der Waals surface area contributed by atoms with Crippen molar-refractivity contribution in [2.24, 2.45) is 5.92 Å². The van der Waals surface area contributed by atoms with E-state index in [9.17, 15) is 19.3 Å². The van der Waals surface area contributed by atoms with Gasteiger partial charge < -0.3 is 20.1 Å². The highest BCUT2D eigenvalue weighted by atomic mass is 31.2. The van der Waals surface area contributed by atoms with Crippen molar-refractivity contribution in [2.45, 2.75) is 57.8 Å². The third-order valence-corrected chi connectivity index (χ3v) is 7.14. The number of nitrogens with two attached hydrogens (primary N) is 1. The summed E-state index contributed by atoms with van der Waals surface area (Å²) in [5.41, 5.74) is 2.19. The molecule has 1 aromatic heterocycles. The van der Waals surface area contributed by atoms with E-state index in [1.165, 1.54) is 19.2 Å². The summed E-state index contributed by atoms with van der Waals surface area (Å²) in [7, 11) is -4.22. The maximum absolute atomic E-state index is 15.5. The largest absolute Gasteiger partial charge is 0.459 e. The second-order valence-electron chi connectivity index (χ2n) is 8.91. The van der Waals surface area contributed by atoms with Crippen molar-refractivity contribution in [1.29, 1.82) is 0 Å². The first-order valence-electron chi connectivity index (χ1n) is 11.4. The Morgan fingerprint density at radius 1 is 1.34 bits per heavy atom. The first-order valence-corrected chi connectivity index (χ1v) is 12.9. The predicted octanol–water partition coefficient (Wildman–Crippen LogP) is 1.64. The van der Waals surface area contributed by atoms with Gasteiger partial charge in [0.2, 0.25) is 0 Å². The summed E-state index contributed by atoms with van der Waals surface area (Å²) < 4.78 is 46.7. The van der Waals surface area contributed by atoms with Gasteiger partial charge in [0.25, 0.3) is 0 Å². The number of nitrogens with one attached hydrogen (secondary N) is 1. The number of anilines is 1. The predicted molar refractivity (Wildman–Crippen MR) is 130 cm³/mol. The highest BCUT2D eigenvalue weighted by Crippen LogP contribution is 2.47. The maximum atomic E-state index is 15.5. The Kier molecular flexibility index (Phi) is 10.6. The smallest absolute Gasteiger partial charge is 0.413 e. The molecule has 2 aromatic rings. The third-order valence-electron chi connectivity index (χ3n) is 5.60. The zero-order valence-electron chi connectivity index (χ0n) is 21.1. The van der Waals surface area contributed by atoms with E-state index in [1.54, 1.807) is 44.2 Å². The quantitative estimate of drug-likeness (QED) is 0.359. The molecule has 2 heterocycles. The van der Waals surface area contributed by atoms with Crippen molar-refractivity contribution in [3.8, 4) is 5.75 Å². The monoisotopic (exact) mass is 556 g/mol. The minimum atomic E-state index is -4.22. The number of aliphatic hydroxyl groups is 1. The van der Waals surface area contributed by atoms with Crippen molar-refractivity contribution in [3.63, 3.8) is 0 Å². The van der Waals surface area contributed by atoms with Crippen LogP contribution in [0.2, 0.25) is 0 Å². The zero-order chi connectivity index (χ0) is 28.7. The molecule has 208 valence electrons. The Morgan fingerprint density at radius 2 is 1.95 bits per heavy atom. The van der Waals surface area contributed by atoms with Crippen LogP contribution in [0.5, 0.6) is 5.75 Å². The fourth-order valence-electron chi connectivity index (χ4n) is 3.72. The number of hydrogen-bond donors (Lipinski definition) is 3. The molecule has 0 radical (unpaired) electrons. The molecule has 3 rings (SSSR count). The summed E-state index contributed by atoms with van der Waals surface area (Å²) >= 11 is 0. The number of Topliss-reactive ketones (excluding diaryl/α,β-unsaturated/α-hetero) is 1. The van der Waals surface area contributed by atoms with Crippen LogP contribution in [0.3, 0.4) is 0 Å². The number of carbonyl (C=O) groups is 1. The van der Waals surface area contributed by atoms with Gasteiger partial charge in [-0.05, 0) is 38.0 Å². The van der Waals surface area contributed by atoms with Gasteiger partial charge >= 0.3 is 19.6 Å². The first-order chi connectivity index (χ1) is 17.8. The number of aliphatic hydroxyl groups excluding tert-OH is 1. The zero-order valence-corrected chi connectivity index (χ0v) is 22.0. The molecule has 1 aromatic carbocycles. The highest BCUT2D eigenvalue weighted by Gasteiger charge is 2.56. The van der Waals surface area contributed by atoms with Gasteiger partial charge in [0.1, 0.15) is 29.6 Å². The highest BCUT2D eigenvalue weighted by molar-refractivity contribution is 7.52. The minimum Gasteiger partial charge on any atom is -0.413 e. The molecule has 0 spiro atoms. The van der Waals surface area contributed by atoms with Gasteiger partial charge in [0.15, 0.2) is 11.9 Å². The van der Waals surface area contributed by atoms with Crippen LogP contribution >= 0.6 is 7.75 Å². The maximum Gasteiger partial charge on any atom is 0.459 e. The summed E-state index contributed by atoms with van der Waals surface area (Å²) in [6, 6.07) is 8.57. The van der Waals surface area contributed by atoms with Crippen molar-refractivity contribution in [1.82, 2.24) is 14.6 Å². The molecule has 0 saturated carbocycles. The average Bonchev–Trinajstić information content (AvgIpc) is 3.06. The lowest BCUT2D eigenvalue weighted by Gasteiger charge is -2.27. The fourth-order valence-corrected chi connectivity index (χ4v) is 5.46. The molecule has 1 fully saturated rings. The Hall–Kier alpha value is -3.25. The lowest BCUT2D eigenvalue weighted by atomic mass is 9.98. The molecular weight excluding hydrogens is 526 g/mol. The van der Waals surface area contributed by atoms with Crippen LogP contribution in [0.15, 0.2) is 47.4 Å².